The van der Waals surface area contributed by atoms with Gasteiger partial charge in [-0.3, -0.25) is 0 Å². The zero-order valence-electron chi connectivity index (χ0n) is 13.5. The largest absolute Gasteiger partial charge is 0.481 e. The number of hydrogen-bond donors (Lipinski definition) is 0. The predicted molar refractivity (Wildman–Crippen MR) is 95.0 cm³/mol. The van der Waals surface area contributed by atoms with Gasteiger partial charge in [-0.2, -0.15) is 0 Å². The summed E-state index contributed by atoms with van der Waals surface area (Å²) in [4.78, 5) is 16.5. The Kier molecular flexibility index (Phi) is 4.57. The number of pyridine rings is 1. The summed E-state index contributed by atoms with van der Waals surface area (Å²) in [7, 11) is 2.94. The van der Waals surface area contributed by atoms with Crippen LogP contribution in [0.1, 0.15) is 21.5 Å². The molecule has 0 aliphatic carbocycles. The molecule has 0 N–H and O–H groups in total. The second kappa shape index (κ2) is 6.96. The molecular weight excluding hydrogens is 302 g/mol. The molecule has 0 unspecified atom stereocenters. The molecule has 0 fully saturated rings. The first-order valence-electron chi connectivity index (χ1n) is 7.52. The summed E-state index contributed by atoms with van der Waals surface area (Å²) in [6.45, 7) is 0. The molecule has 24 heavy (non-hydrogen) atoms. The van der Waals surface area contributed by atoms with E-state index in [0.717, 1.165) is 16.5 Å². The lowest BCUT2D eigenvalue weighted by Crippen LogP contribution is -2.03. The summed E-state index contributed by atoms with van der Waals surface area (Å²) in [6.07, 6.45) is 3.99. The summed E-state index contributed by atoms with van der Waals surface area (Å²) in [5, 5.41) is 0.734. The van der Waals surface area contributed by atoms with Crippen LogP contribution in [-0.2, 0) is 4.74 Å². The first-order chi connectivity index (χ1) is 11.7. The molecule has 0 radical (unpaired) electrons. The molecule has 0 saturated heterocycles. The number of ether oxygens (including phenoxy) is 2. The van der Waals surface area contributed by atoms with Crippen molar-refractivity contribution < 1.29 is 14.3 Å². The first kappa shape index (κ1) is 15.7. The maximum atomic E-state index is 12.0. The average Bonchev–Trinajstić information content (AvgIpc) is 2.65. The van der Waals surface area contributed by atoms with Gasteiger partial charge < -0.3 is 9.47 Å². The third-order valence-corrected chi connectivity index (χ3v) is 3.73. The molecule has 4 nitrogen and oxygen atoms in total. The van der Waals surface area contributed by atoms with Crippen LogP contribution < -0.4 is 4.74 Å². The molecule has 1 aromatic heterocycles. The van der Waals surface area contributed by atoms with Crippen molar-refractivity contribution in [1.82, 2.24) is 4.98 Å². The number of nitrogens with zero attached hydrogens (tertiary/aromatic N) is 1. The van der Waals surface area contributed by atoms with Gasteiger partial charge in [0.1, 0.15) is 0 Å². The van der Waals surface area contributed by atoms with Crippen LogP contribution in [0.2, 0.25) is 0 Å². The van der Waals surface area contributed by atoms with Gasteiger partial charge in [0, 0.05) is 17.0 Å². The molecule has 0 amide bonds. The zero-order valence-corrected chi connectivity index (χ0v) is 13.5. The second-order valence-electron chi connectivity index (χ2n) is 5.19. The van der Waals surface area contributed by atoms with Crippen LogP contribution in [0.5, 0.6) is 5.88 Å². The molecule has 0 atom stereocenters. The van der Waals surface area contributed by atoms with Gasteiger partial charge in [0.15, 0.2) is 0 Å². The highest BCUT2D eigenvalue weighted by Gasteiger charge is 2.13. The fraction of sp³-hybridized carbons (Fsp3) is 0.100. The molecule has 1 heterocycles. The third-order valence-electron chi connectivity index (χ3n) is 3.73. The third kappa shape index (κ3) is 3.13. The van der Waals surface area contributed by atoms with E-state index >= 15 is 0 Å². The van der Waals surface area contributed by atoms with E-state index in [2.05, 4.69) is 4.98 Å². The molecule has 3 rings (SSSR count). The normalized spacial score (nSPS) is 10.9. The minimum Gasteiger partial charge on any atom is -0.481 e. The predicted octanol–water partition coefficient (Wildman–Crippen LogP) is 4.20. The quantitative estimate of drug-likeness (QED) is 0.534. The topological polar surface area (TPSA) is 48.4 Å². The Morgan fingerprint density at radius 2 is 1.75 bits per heavy atom. The minimum atomic E-state index is -0.384. The smallest absolute Gasteiger partial charge is 0.338 e. The molecule has 0 aliphatic heterocycles. The number of methoxy groups -OCH3 is 2. The van der Waals surface area contributed by atoms with E-state index in [1.54, 1.807) is 19.2 Å². The SMILES string of the molecule is COC(=O)c1ccc(C=Cc2ccccc2)c2nc(OC)ccc12. The van der Waals surface area contributed by atoms with E-state index in [9.17, 15) is 4.79 Å². The summed E-state index contributed by atoms with van der Waals surface area (Å²) in [6, 6.07) is 17.2. The number of fused-ring (bicyclic) bond motifs is 1. The van der Waals surface area contributed by atoms with Crippen molar-refractivity contribution in [1.29, 1.82) is 0 Å². The van der Waals surface area contributed by atoms with E-state index in [1.807, 2.05) is 54.6 Å². The van der Waals surface area contributed by atoms with Gasteiger partial charge in [0.2, 0.25) is 5.88 Å². The highest BCUT2D eigenvalue weighted by atomic mass is 16.5. The number of hydrogen-bond acceptors (Lipinski definition) is 4. The van der Waals surface area contributed by atoms with Gasteiger partial charge >= 0.3 is 5.97 Å². The number of aromatic nitrogens is 1. The van der Waals surface area contributed by atoms with Crippen molar-refractivity contribution >= 4 is 29.0 Å². The van der Waals surface area contributed by atoms with Crippen LogP contribution in [0.4, 0.5) is 0 Å². The van der Waals surface area contributed by atoms with Crippen molar-refractivity contribution in [2.24, 2.45) is 0 Å². The summed E-state index contributed by atoms with van der Waals surface area (Å²) >= 11 is 0. The van der Waals surface area contributed by atoms with Crippen LogP contribution in [0.25, 0.3) is 23.1 Å². The van der Waals surface area contributed by atoms with Crippen LogP contribution in [0, 0.1) is 0 Å². The number of rotatable bonds is 4. The lowest BCUT2D eigenvalue weighted by atomic mass is 10.0. The van der Waals surface area contributed by atoms with E-state index in [0.29, 0.717) is 17.0 Å². The highest BCUT2D eigenvalue weighted by Crippen LogP contribution is 2.26. The Hall–Kier alpha value is -3.14. The Morgan fingerprint density at radius 3 is 2.46 bits per heavy atom. The number of esters is 1. The second-order valence-corrected chi connectivity index (χ2v) is 5.19. The van der Waals surface area contributed by atoms with Crippen LogP contribution >= 0.6 is 0 Å². The van der Waals surface area contributed by atoms with Crippen molar-refractivity contribution in [3.05, 3.63) is 71.3 Å². The van der Waals surface area contributed by atoms with Gasteiger partial charge in [0.05, 0.1) is 25.3 Å². The Labute approximate surface area is 140 Å². The van der Waals surface area contributed by atoms with Gasteiger partial charge in [0.25, 0.3) is 0 Å². The number of carbonyl (C=O) groups excluding carboxylic acids is 1. The van der Waals surface area contributed by atoms with Gasteiger partial charge in [-0.1, -0.05) is 48.6 Å². The van der Waals surface area contributed by atoms with Crippen LogP contribution in [-0.4, -0.2) is 25.2 Å². The fourth-order valence-corrected chi connectivity index (χ4v) is 2.51. The van der Waals surface area contributed by atoms with E-state index in [1.165, 1.54) is 7.11 Å². The molecule has 2 aromatic carbocycles. The first-order valence-corrected chi connectivity index (χ1v) is 7.52. The number of benzene rings is 2. The maximum absolute atomic E-state index is 12.0. The standard InChI is InChI=1S/C20H17NO3/c1-23-18-13-12-16-17(20(22)24-2)11-10-15(19(16)21-18)9-8-14-6-4-3-5-7-14/h3-13H,1-2H3. The highest BCUT2D eigenvalue weighted by molar-refractivity contribution is 6.06. The van der Waals surface area contributed by atoms with Gasteiger partial charge in [-0.25, -0.2) is 9.78 Å². The summed E-state index contributed by atoms with van der Waals surface area (Å²) < 4.78 is 10.1. The van der Waals surface area contributed by atoms with Crippen molar-refractivity contribution in [2.75, 3.05) is 14.2 Å². The molecule has 3 aromatic rings. The lowest BCUT2D eigenvalue weighted by molar-refractivity contribution is 0.0603. The Bertz CT molecular complexity index is 901. The van der Waals surface area contributed by atoms with E-state index in [4.69, 9.17) is 9.47 Å². The van der Waals surface area contributed by atoms with Crippen molar-refractivity contribution in [3.63, 3.8) is 0 Å². The molecule has 0 bridgehead atoms. The van der Waals surface area contributed by atoms with Crippen molar-refractivity contribution in [3.8, 4) is 5.88 Å². The minimum absolute atomic E-state index is 0.384. The zero-order chi connectivity index (χ0) is 16.9. The molecule has 0 saturated carbocycles. The molecule has 0 aliphatic rings. The average molecular weight is 319 g/mol. The lowest BCUT2D eigenvalue weighted by Gasteiger charge is -2.08. The van der Waals surface area contributed by atoms with Gasteiger partial charge in [-0.15, -0.1) is 0 Å². The molecule has 0 spiro atoms. The van der Waals surface area contributed by atoms with Crippen LogP contribution in [0.15, 0.2) is 54.6 Å². The van der Waals surface area contributed by atoms with E-state index < -0.39 is 0 Å². The fourth-order valence-electron chi connectivity index (χ4n) is 2.51. The summed E-state index contributed by atoms with van der Waals surface area (Å²) in [5.74, 6) is 0.115. The monoisotopic (exact) mass is 319 g/mol. The van der Waals surface area contributed by atoms with Gasteiger partial charge in [-0.05, 0) is 17.7 Å². The van der Waals surface area contributed by atoms with Crippen LogP contribution in [0.3, 0.4) is 0 Å². The summed E-state index contributed by atoms with van der Waals surface area (Å²) in [5.41, 5.74) is 3.18. The van der Waals surface area contributed by atoms with Crippen molar-refractivity contribution in [2.45, 2.75) is 0 Å². The molecular formula is C20H17NO3. The maximum Gasteiger partial charge on any atom is 0.338 e. The number of carbonyl (C=O) groups is 1. The molecule has 120 valence electrons. The molecule has 4 heteroatoms. The Balaban J connectivity index is 2.14. The van der Waals surface area contributed by atoms with E-state index in [-0.39, 0.29) is 5.97 Å². The Morgan fingerprint density at radius 1 is 0.958 bits per heavy atom.